The van der Waals surface area contributed by atoms with Crippen LogP contribution in [0.25, 0.3) is 0 Å². The molecule has 2 aliphatic heterocycles. The fourth-order valence-electron chi connectivity index (χ4n) is 3.02. The van der Waals surface area contributed by atoms with Gasteiger partial charge in [-0.15, -0.1) is 0 Å². The van der Waals surface area contributed by atoms with E-state index in [1.165, 1.54) is 0 Å². The van der Waals surface area contributed by atoms with Crippen LogP contribution in [0.4, 0.5) is 29.7 Å². The Balaban J connectivity index is 1.77. The minimum atomic E-state index is -1.24. The van der Waals surface area contributed by atoms with Crippen molar-refractivity contribution in [2.75, 3.05) is 47.5 Å². The van der Waals surface area contributed by atoms with Crippen molar-refractivity contribution >= 4 is 35.3 Å². The molecule has 2 fully saturated rings. The number of nitrogens with zero attached hydrogens (tertiary/aromatic N) is 2. The fraction of sp³-hybridized carbons (Fsp3) is 0.500. The lowest BCUT2D eigenvalue weighted by molar-refractivity contribution is 0.136. The van der Waals surface area contributed by atoms with Crippen LogP contribution < -0.4 is 15.1 Å². The van der Waals surface area contributed by atoms with Gasteiger partial charge in [0.15, 0.2) is 11.6 Å². The zero-order chi connectivity index (χ0) is 18.7. The highest BCUT2D eigenvalue weighted by atomic mass is 32.2. The first-order valence-corrected chi connectivity index (χ1v) is 9.38. The first-order chi connectivity index (χ1) is 12.5. The molecule has 10 heteroatoms. The molecule has 2 amide bonds. The van der Waals surface area contributed by atoms with E-state index in [0.717, 1.165) is 35.0 Å². The monoisotopic (exact) mass is 387 g/mol. The number of carboxylic acid groups (broad SMARTS) is 1. The Morgan fingerprint density at radius 1 is 1.31 bits per heavy atom. The third kappa shape index (κ3) is 4.12. The van der Waals surface area contributed by atoms with E-state index in [-0.39, 0.29) is 24.5 Å². The molecular weight excluding hydrogens is 368 g/mol. The van der Waals surface area contributed by atoms with Crippen molar-refractivity contribution in [3.8, 4) is 0 Å². The number of anilines is 2. The normalized spacial score (nSPS) is 20.7. The third-order valence-corrected chi connectivity index (χ3v) is 5.26. The van der Waals surface area contributed by atoms with Crippen molar-refractivity contribution in [3.63, 3.8) is 0 Å². The molecule has 1 atom stereocenters. The molecule has 0 aliphatic carbocycles. The Kier molecular flexibility index (Phi) is 5.70. The number of carbonyl (C=O) groups excluding carboxylic acids is 1. The van der Waals surface area contributed by atoms with Crippen molar-refractivity contribution in [3.05, 3.63) is 23.8 Å². The lowest BCUT2D eigenvalue weighted by Gasteiger charge is -2.24. The second-order valence-corrected chi connectivity index (χ2v) is 7.24. The summed E-state index contributed by atoms with van der Waals surface area (Å²) in [6.07, 6.45) is -1.87. The van der Waals surface area contributed by atoms with Crippen LogP contribution in [0.15, 0.2) is 12.1 Å². The van der Waals surface area contributed by atoms with E-state index in [0.29, 0.717) is 13.1 Å². The van der Waals surface area contributed by atoms with E-state index < -0.39 is 29.9 Å². The summed E-state index contributed by atoms with van der Waals surface area (Å²) in [6.45, 7) is 1.06. The van der Waals surface area contributed by atoms with Crippen LogP contribution in [0.2, 0.25) is 0 Å². The molecule has 0 aromatic heterocycles. The second kappa shape index (κ2) is 7.98. The Labute approximate surface area is 153 Å². The van der Waals surface area contributed by atoms with E-state index >= 15 is 0 Å². The fourth-order valence-corrected chi connectivity index (χ4v) is 3.91. The first-order valence-electron chi connectivity index (χ1n) is 8.22. The summed E-state index contributed by atoms with van der Waals surface area (Å²) in [5.74, 6) is 0.305. The maximum absolute atomic E-state index is 14.6. The Morgan fingerprint density at radius 3 is 2.73 bits per heavy atom. The largest absolute Gasteiger partial charge is 0.465 e. The molecule has 1 aromatic rings. The van der Waals surface area contributed by atoms with Crippen LogP contribution in [-0.2, 0) is 4.74 Å². The van der Waals surface area contributed by atoms with Crippen LogP contribution in [-0.4, -0.2) is 61.1 Å². The predicted molar refractivity (Wildman–Crippen MR) is 94.2 cm³/mol. The highest BCUT2D eigenvalue weighted by Gasteiger charge is 2.34. The molecule has 0 bridgehead atoms. The summed E-state index contributed by atoms with van der Waals surface area (Å²) in [6, 6.07) is 2.23. The first kappa shape index (κ1) is 18.6. The number of hydrogen-bond donors (Lipinski definition) is 2. The average molecular weight is 387 g/mol. The SMILES string of the molecule is O=C(O)NC[C@H]1CN(c2cc(F)c(N3CCCSCC3)c(F)c2)C(=O)O1. The van der Waals surface area contributed by atoms with Gasteiger partial charge in [0.05, 0.1) is 18.8 Å². The van der Waals surface area contributed by atoms with Crippen LogP contribution >= 0.6 is 11.8 Å². The van der Waals surface area contributed by atoms with Gasteiger partial charge in [-0.1, -0.05) is 0 Å². The molecule has 2 N–H and O–H groups in total. The number of benzene rings is 1. The van der Waals surface area contributed by atoms with E-state index in [1.54, 1.807) is 16.7 Å². The Morgan fingerprint density at radius 2 is 2.04 bits per heavy atom. The molecule has 26 heavy (non-hydrogen) atoms. The van der Waals surface area contributed by atoms with Crippen LogP contribution in [0, 0.1) is 11.6 Å². The third-order valence-electron chi connectivity index (χ3n) is 4.21. The zero-order valence-corrected chi connectivity index (χ0v) is 14.7. The summed E-state index contributed by atoms with van der Waals surface area (Å²) in [5.41, 5.74) is -0.0244. The summed E-state index contributed by atoms with van der Waals surface area (Å²) >= 11 is 1.75. The van der Waals surface area contributed by atoms with Gasteiger partial charge in [0, 0.05) is 31.0 Å². The molecule has 2 saturated heterocycles. The zero-order valence-electron chi connectivity index (χ0n) is 13.9. The van der Waals surface area contributed by atoms with Crippen LogP contribution in [0.3, 0.4) is 0 Å². The van der Waals surface area contributed by atoms with E-state index in [1.807, 2.05) is 0 Å². The number of cyclic esters (lactones) is 1. The Hall–Kier alpha value is -2.23. The summed E-state index contributed by atoms with van der Waals surface area (Å²) < 4.78 is 34.2. The van der Waals surface area contributed by atoms with Gasteiger partial charge in [0.25, 0.3) is 0 Å². The standard InChI is InChI=1S/C16H19F2N3O4S/c17-12-6-10(21-9-11(25-16(21)24)8-19-15(22)23)7-13(18)14(12)20-2-1-4-26-5-3-20/h6-7,11,19H,1-5,8-9H2,(H,22,23)/t11-/m0/s1. The average Bonchev–Trinajstić information content (AvgIpc) is 2.77. The minimum Gasteiger partial charge on any atom is -0.465 e. The highest BCUT2D eigenvalue weighted by molar-refractivity contribution is 7.99. The van der Waals surface area contributed by atoms with E-state index in [4.69, 9.17) is 9.84 Å². The van der Waals surface area contributed by atoms with Crippen molar-refractivity contribution in [2.45, 2.75) is 12.5 Å². The molecule has 2 heterocycles. The number of thioether (sulfide) groups is 1. The van der Waals surface area contributed by atoms with Gasteiger partial charge in [0.2, 0.25) is 0 Å². The molecule has 0 spiro atoms. The number of carbonyl (C=O) groups is 2. The summed E-state index contributed by atoms with van der Waals surface area (Å²) in [7, 11) is 0. The smallest absolute Gasteiger partial charge is 0.414 e. The van der Waals surface area contributed by atoms with Crippen molar-refractivity contribution in [2.24, 2.45) is 0 Å². The van der Waals surface area contributed by atoms with Gasteiger partial charge in [-0.3, -0.25) is 4.90 Å². The van der Waals surface area contributed by atoms with E-state index in [2.05, 4.69) is 5.32 Å². The van der Waals surface area contributed by atoms with Crippen molar-refractivity contribution in [1.82, 2.24) is 5.32 Å². The quantitative estimate of drug-likeness (QED) is 0.826. The number of halogens is 2. The molecule has 142 valence electrons. The molecule has 2 aliphatic rings. The molecular formula is C16H19F2N3O4S. The highest BCUT2D eigenvalue weighted by Crippen LogP contribution is 2.32. The lowest BCUT2D eigenvalue weighted by atomic mass is 10.2. The second-order valence-electron chi connectivity index (χ2n) is 6.01. The molecule has 7 nitrogen and oxygen atoms in total. The maximum Gasteiger partial charge on any atom is 0.414 e. The topological polar surface area (TPSA) is 82.1 Å². The van der Waals surface area contributed by atoms with Crippen molar-refractivity contribution < 1.29 is 28.2 Å². The minimum absolute atomic E-state index is 0.0116. The summed E-state index contributed by atoms with van der Waals surface area (Å²) in [4.78, 5) is 25.3. The maximum atomic E-state index is 14.6. The van der Waals surface area contributed by atoms with Gasteiger partial charge >= 0.3 is 12.2 Å². The van der Waals surface area contributed by atoms with Crippen LogP contribution in [0.5, 0.6) is 0 Å². The van der Waals surface area contributed by atoms with Crippen LogP contribution in [0.1, 0.15) is 6.42 Å². The number of nitrogens with one attached hydrogen (secondary N) is 1. The Bertz CT molecular complexity index is 675. The van der Waals surface area contributed by atoms with E-state index in [9.17, 15) is 18.4 Å². The summed E-state index contributed by atoms with van der Waals surface area (Å²) in [5, 5.41) is 10.7. The number of rotatable bonds is 4. The number of amides is 2. The van der Waals surface area contributed by atoms with Gasteiger partial charge in [-0.25, -0.2) is 18.4 Å². The van der Waals surface area contributed by atoms with Gasteiger partial charge in [-0.05, 0) is 12.2 Å². The number of hydrogen-bond acceptors (Lipinski definition) is 5. The molecule has 0 radical (unpaired) electrons. The van der Waals surface area contributed by atoms with Gasteiger partial charge in [-0.2, -0.15) is 11.8 Å². The van der Waals surface area contributed by atoms with Crippen molar-refractivity contribution in [1.29, 1.82) is 0 Å². The van der Waals surface area contributed by atoms with Gasteiger partial charge in [0.1, 0.15) is 11.8 Å². The molecule has 0 unspecified atom stereocenters. The predicted octanol–water partition coefficient (Wildman–Crippen LogP) is 2.50. The molecule has 3 rings (SSSR count). The lowest BCUT2D eigenvalue weighted by Crippen LogP contribution is -2.33. The van der Waals surface area contributed by atoms with Gasteiger partial charge < -0.3 is 20.1 Å². The molecule has 1 aromatic carbocycles. The molecule has 0 saturated carbocycles. The number of ether oxygens (including phenoxy) is 1.